The Morgan fingerprint density at radius 3 is 2.62 bits per heavy atom. The standard InChI is InChI=1S/C16H18N2O5S/c1-3-23-12-6-4-11(5-7-12)8-13-14(19)18(16(22)24-13)10(2)9-17-15(20)21/h4-8,10,17H,3,9H2,1-2H3,(H,20,21). The van der Waals surface area contributed by atoms with E-state index in [0.717, 1.165) is 28.0 Å². The number of carbonyl (C=O) groups excluding carboxylic acids is 2. The number of thioether (sulfide) groups is 1. The predicted octanol–water partition coefficient (Wildman–Crippen LogP) is 2.78. The van der Waals surface area contributed by atoms with Crippen LogP contribution >= 0.6 is 11.8 Å². The lowest BCUT2D eigenvalue weighted by Crippen LogP contribution is -2.44. The summed E-state index contributed by atoms with van der Waals surface area (Å²) in [6.45, 7) is 4.07. The van der Waals surface area contributed by atoms with Crippen LogP contribution in [-0.4, -0.2) is 46.4 Å². The van der Waals surface area contributed by atoms with Gasteiger partial charge < -0.3 is 15.2 Å². The molecule has 0 radical (unpaired) electrons. The van der Waals surface area contributed by atoms with Crippen LogP contribution in [-0.2, 0) is 4.79 Å². The number of hydrogen-bond donors (Lipinski definition) is 2. The second-order valence-corrected chi connectivity index (χ2v) is 6.08. The van der Waals surface area contributed by atoms with Crippen molar-refractivity contribution in [2.75, 3.05) is 13.2 Å². The Labute approximate surface area is 143 Å². The van der Waals surface area contributed by atoms with Gasteiger partial charge in [-0.15, -0.1) is 0 Å². The van der Waals surface area contributed by atoms with Crippen molar-refractivity contribution in [3.8, 4) is 5.75 Å². The molecule has 0 spiro atoms. The van der Waals surface area contributed by atoms with Gasteiger partial charge in [-0.3, -0.25) is 14.5 Å². The highest BCUT2D eigenvalue weighted by atomic mass is 32.2. The maximum absolute atomic E-state index is 12.4. The first-order valence-electron chi connectivity index (χ1n) is 7.39. The summed E-state index contributed by atoms with van der Waals surface area (Å²) in [6, 6.07) is 6.63. The lowest BCUT2D eigenvalue weighted by molar-refractivity contribution is -0.124. The molecule has 1 aliphatic rings. The van der Waals surface area contributed by atoms with Gasteiger partial charge in [-0.2, -0.15) is 0 Å². The number of carboxylic acid groups (broad SMARTS) is 1. The smallest absolute Gasteiger partial charge is 0.404 e. The fourth-order valence-electron chi connectivity index (χ4n) is 2.16. The van der Waals surface area contributed by atoms with Crippen LogP contribution in [0.15, 0.2) is 29.2 Å². The first-order chi connectivity index (χ1) is 11.4. The maximum atomic E-state index is 12.4. The molecule has 1 aromatic rings. The van der Waals surface area contributed by atoms with E-state index in [9.17, 15) is 14.4 Å². The van der Waals surface area contributed by atoms with Gasteiger partial charge in [0, 0.05) is 6.54 Å². The first kappa shape index (κ1) is 17.9. The summed E-state index contributed by atoms with van der Waals surface area (Å²) < 4.78 is 5.35. The summed E-state index contributed by atoms with van der Waals surface area (Å²) in [4.78, 5) is 36.4. The molecule has 1 aliphatic heterocycles. The summed E-state index contributed by atoms with van der Waals surface area (Å²) in [7, 11) is 0. The predicted molar refractivity (Wildman–Crippen MR) is 90.9 cm³/mol. The van der Waals surface area contributed by atoms with E-state index in [-0.39, 0.29) is 6.54 Å². The van der Waals surface area contributed by atoms with Gasteiger partial charge in [0.2, 0.25) is 0 Å². The number of carbonyl (C=O) groups is 3. The van der Waals surface area contributed by atoms with E-state index in [4.69, 9.17) is 9.84 Å². The molecule has 2 N–H and O–H groups in total. The van der Waals surface area contributed by atoms with E-state index >= 15 is 0 Å². The Balaban J connectivity index is 2.10. The van der Waals surface area contributed by atoms with Gasteiger partial charge in [-0.25, -0.2) is 4.79 Å². The lowest BCUT2D eigenvalue weighted by Gasteiger charge is -2.20. The van der Waals surface area contributed by atoms with Gasteiger partial charge in [0.25, 0.3) is 11.1 Å². The Kier molecular flexibility index (Phi) is 5.86. The van der Waals surface area contributed by atoms with Crippen LogP contribution in [0.25, 0.3) is 6.08 Å². The Bertz CT molecular complexity index is 672. The van der Waals surface area contributed by atoms with Crippen LogP contribution in [0.2, 0.25) is 0 Å². The van der Waals surface area contributed by atoms with Gasteiger partial charge in [0.05, 0.1) is 17.6 Å². The molecule has 1 fully saturated rings. The number of amides is 3. The molecule has 0 aromatic heterocycles. The summed E-state index contributed by atoms with van der Waals surface area (Å²) >= 11 is 0.846. The second-order valence-electron chi connectivity index (χ2n) is 5.09. The maximum Gasteiger partial charge on any atom is 0.404 e. The van der Waals surface area contributed by atoms with Crippen molar-refractivity contribution < 1.29 is 24.2 Å². The van der Waals surface area contributed by atoms with E-state index in [1.54, 1.807) is 37.3 Å². The van der Waals surface area contributed by atoms with E-state index in [1.165, 1.54) is 0 Å². The SMILES string of the molecule is CCOc1ccc(C=C2SC(=O)N(C(C)CNC(=O)O)C2=O)cc1. The Morgan fingerprint density at radius 1 is 1.38 bits per heavy atom. The first-order valence-corrected chi connectivity index (χ1v) is 8.20. The fourth-order valence-corrected chi connectivity index (χ4v) is 3.09. The zero-order chi connectivity index (χ0) is 17.7. The molecular weight excluding hydrogens is 332 g/mol. The minimum atomic E-state index is -1.20. The molecule has 1 aromatic carbocycles. The number of ether oxygens (including phenoxy) is 1. The van der Waals surface area contributed by atoms with Crippen LogP contribution < -0.4 is 10.1 Å². The summed E-state index contributed by atoms with van der Waals surface area (Å²) in [5.74, 6) is 0.315. The molecule has 2 rings (SSSR count). The molecular formula is C16H18N2O5S. The molecule has 0 aliphatic carbocycles. The average molecular weight is 350 g/mol. The lowest BCUT2D eigenvalue weighted by atomic mass is 10.2. The molecule has 7 nitrogen and oxygen atoms in total. The highest BCUT2D eigenvalue weighted by Crippen LogP contribution is 2.33. The highest BCUT2D eigenvalue weighted by Gasteiger charge is 2.38. The van der Waals surface area contributed by atoms with Crippen molar-refractivity contribution >= 4 is 35.1 Å². The zero-order valence-corrected chi connectivity index (χ0v) is 14.1. The topological polar surface area (TPSA) is 95.9 Å². The van der Waals surface area contributed by atoms with Gasteiger partial charge in [0.15, 0.2) is 0 Å². The van der Waals surface area contributed by atoms with Crippen molar-refractivity contribution in [3.05, 3.63) is 34.7 Å². The average Bonchev–Trinajstić information content (AvgIpc) is 2.81. The molecule has 24 heavy (non-hydrogen) atoms. The molecule has 1 heterocycles. The third kappa shape index (κ3) is 4.29. The number of imide groups is 1. The minimum absolute atomic E-state index is 0.0102. The monoisotopic (exact) mass is 350 g/mol. The number of nitrogens with zero attached hydrogens (tertiary/aromatic N) is 1. The Morgan fingerprint density at radius 2 is 2.04 bits per heavy atom. The zero-order valence-electron chi connectivity index (χ0n) is 13.3. The van der Waals surface area contributed by atoms with Crippen LogP contribution in [0.1, 0.15) is 19.4 Å². The van der Waals surface area contributed by atoms with Crippen molar-refractivity contribution in [2.45, 2.75) is 19.9 Å². The van der Waals surface area contributed by atoms with E-state index in [1.807, 2.05) is 6.92 Å². The third-order valence-corrected chi connectivity index (χ3v) is 4.19. The van der Waals surface area contributed by atoms with Crippen molar-refractivity contribution in [1.82, 2.24) is 10.2 Å². The number of hydrogen-bond acceptors (Lipinski definition) is 5. The summed E-state index contributed by atoms with van der Waals surface area (Å²) in [6.07, 6.45) is 0.441. The van der Waals surface area contributed by atoms with Gasteiger partial charge in [0.1, 0.15) is 5.75 Å². The van der Waals surface area contributed by atoms with E-state index in [2.05, 4.69) is 5.32 Å². The van der Waals surface area contributed by atoms with Crippen LogP contribution in [0.3, 0.4) is 0 Å². The van der Waals surface area contributed by atoms with Crippen molar-refractivity contribution in [1.29, 1.82) is 0 Å². The fraction of sp³-hybridized carbons (Fsp3) is 0.312. The molecule has 1 unspecified atom stereocenters. The van der Waals surface area contributed by atoms with Gasteiger partial charge >= 0.3 is 6.09 Å². The number of rotatable bonds is 6. The molecule has 128 valence electrons. The number of benzene rings is 1. The largest absolute Gasteiger partial charge is 0.494 e. The second kappa shape index (κ2) is 7.87. The van der Waals surface area contributed by atoms with Crippen molar-refractivity contribution in [2.24, 2.45) is 0 Å². The van der Waals surface area contributed by atoms with Crippen LogP contribution in [0.4, 0.5) is 9.59 Å². The molecule has 1 saturated heterocycles. The van der Waals surface area contributed by atoms with Crippen molar-refractivity contribution in [3.63, 3.8) is 0 Å². The normalized spacial score (nSPS) is 17.2. The number of nitrogens with one attached hydrogen (secondary N) is 1. The quantitative estimate of drug-likeness (QED) is 0.766. The van der Waals surface area contributed by atoms with E-state index < -0.39 is 23.3 Å². The third-order valence-electron chi connectivity index (χ3n) is 3.30. The van der Waals surface area contributed by atoms with Gasteiger partial charge in [-0.05, 0) is 49.4 Å². The highest BCUT2D eigenvalue weighted by molar-refractivity contribution is 8.18. The van der Waals surface area contributed by atoms with Crippen LogP contribution in [0, 0.1) is 0 Å². The summed E-state index contributed by atoms with van der Waals surface area (Å²) in [5.41, 5.74) is 0.778. The molecule has 8 heteroatoms. The molecule has 0 saturated carbocycles. The van der Waals surface area contributed by atoms with E-state index in [0.29, 0.717) is 11.5 Å². The molecule has 3 amide bonds. The molecule has 0 bridgehead atoms. The Hall–Kier alpha value is -2.48. The van der Waals surface area contributed by atoms with Gasteiger partial charge in [-0.1, -0.05) is 12.1 Å². The summed E-state index contributed by atoms with van der Waals surface area (Å²) in [5, 5.41) is 10.4. The minimum Gasteiger partial charge on any atom is -0.494 e. The van der Waals surface area contributed by atoms with Crippen LogP contribution in [0.5, 0.6) is 5.75 Å². The molecule has 1 atom stereocenters.